The minimum atomic E-state index is -0.189. The standard InChI is InChI=1S/C17H27N3O3/c1-2-4-14-11-15(23-19-14)12-18-13-6-8-20(9-7-13)17(21)16-5-3-10-22-16/h11,13,16,18H,2-10,12H2,1H3. The molecule has 0 saturated carbocycles. The van der Waals surface area contributed by atoms with Crippen LogP contribution in [-0.4, -0.2) is 47.8 Å². The molecule has 2 fully saturated rings. The van der Waals surface area contributed by atoms with Crippen LogP contribution in [-0.2, 0) is 22.5 Å². The third-order valence-electron chi connectivity index (χ3n) is 4.69. The number of hydrogen-bond acceptors (Lipinski definition) is 5. The van der Waals surface area contributed by atoms with Crippen molar-refractivity contribution in [3.8, 4) is 0 Å². The van der Waals surface area contributed by atoms with Crippen molar-refractivity contribution in [1.29, 1.82) is 0 Å². The van der Waals surface area contributed by atoms with Crippen LogP contribution in [0.25, 0.3) is 0 Å². The predicted molar refractivity (Wildman–Crippen MR) is 85.9 cm³/mol. The largest absolute Gasteiger partial charge is 0.368 e. The highest BCUT2D eigenvalue weighted by Gasteiger charge is 2.30. The van der Waals surface area contributed by atoms with Gasteiger partial charge in [0.05, 0.1) is 12.2 Å². The molecule has 2 aliphatic heterocycles. The van der Waals surface area contributed by atoms with Crippen molar-refractivity contribution in [2.24, 2.45) is 0 Å². The van der Waals surface area contributed by atoms with E-state index in [2.05, 4.69) is 17.4 Å². The number of aromatic nitrogens is 1. The fraction of sp³-hybridized carbons (Fsp3) is 0.765. The summed E-state index contributed by atoms with van der Waals surface area (Å²) < 4.78 is 10.8. The number of nitrogens with one attached hydrogen (secondary N) is 1. The van der Waals surface area contributed by atoms with Gasteiger partial charge in [-0.1, -0.05) is 18.5 Å². The highest BCUT2D eigenvalue weighted by atomic mass is 16.5. The Morgan fingerprint density at radius 1 is 1.39 bits per heavy atom. The number of rotatable bonds is 6. The molecule has 0 aromatic carbocycles. The zero-order valence-electron chi connectivity index (χ0n) is 13.9. The van der Waals surface area contributed by atoms with Crippen LogP contribution < -0.4 is 5.32 Å². The average molecular weight is 321 g/mol. The van der Waals surface area contributed by atoms with Crippen LogP contribution in [0.5, 0.6) is 0 Å². The number of aryl methyl sites for hydroxylation is 1. The van der Waals surface area contributed by atoms with Crippen LogP contribution in [0.2, 0.25) is 0 Å². The number of piperidine rings is 1. The number of carbonyl (C=O) groups excluding carboxylic acids is 1. The second-order valence-corrected chi connectivity index (χ2v) is 6.52. The third kappa shape index (κ3) is 4.32. The van der Waals surface area contributed by atoms with E-state index in [1.807, 2.05) is 11.0 Å². The van der Waals surface area contributed by atoms with Crippen molar-refractivity contribution in [3.05, 3.63) is 17.5 Å². The average Bonchev–Trinajstić information content (AvgIpc) is 3.25. The molecule has 1 aromatic rings. The van der Waals surface area contributed by atoms with Gasteiger partial charge in [0.15, 0.2) is 5.76 Å². The fourth-order valence-electron chi connectivity index (χ4n) is 3.34. The Hall–Kier alpha value is -1.40. The molecule has 0 radical (unpaired) electrons. The normalized spacial score (nSPS) is 22.7. The molecule has 6 nitrogen and oxygen atoms in total. The van der Waals surface area contributed by atoms with Crippen molar-refractivity contribution in [2.75, 3.05) is 19.7 Å². The second kappa shape index (κ2) is 7.93. The maximum atomic E-state index is 12.3. The first-order valence-corrected chi connectivity index (χ1v) is 8.84. The number of likely N-dealkylation sites (tertiary alicyclic amines) is 1. The number of hydrogen-bond donors (Lipinski definition) is 1. The van der Waals surface area contributed by atoms with Crippen molar-refractivity contribution in [2.45, 2.75) is 64.1 Å². The molecule has 1 atom stereocenters. The first kappa shape index (κ1) is 16.5. The van der Waals surface area contributed by atoms with Gasteiger partial charge in [0.2, 0.25) is 0 Å². The van der Waals surface area contributed by atoms with Gasteiger partial charge in [0, 0.05) is 31.8 Å². The molecular weight excluding hydrogens is 294 g/mol. The summed E-state index contributed by atoms with van der Waals surface area (Å²) >= 11 is 0. The van der Waals surface area contributed by atoms with Gasteiger partial charge in [-0.3, -0.25) is 4.79 Å². The molecule has 6 heteroatoms. The van der Waals surface area contributed by atoms with E-state index in [0.717, 1.165) is 69.7 Å². The number of nitrogens with zero attached hydrogens (tertiary/aromatic N) is 2. The molecular formula is C17H27N3O3. The van der Waals surface area contributed by atoms with Gasteiger partial charge in [-0.2, -0.15) is 0 Å². The van der Waals surface area contributed by atoms with E-state index in [1.54, 1.807) is 0 Å². The summed E-state index contributed by atoms with van der Waals surface area (Å²) in [5.74, 6) is 1.08. The van der Waals surface area contributed by atoms with E-state index in [9.17, 15) is 4.79 Å². The summed E-state index contributed by atoms with van der Waals surface area (Å²) in [5.41, 5.74) is 1.03. The monoisotopic (exact) mass is 321 g/mol. The highest BCUT2D eigenvalue weighted by molar-refractivity contribution is 5.81. The van der Waals surface area contributed by atoms with Crippen LogP contribution in [0.1, 0.15) is 50.5 Å². The Kier molecular flexibility index (Phi) is 5.67. The highest BCUT2D eigenvalue weighted by Crippen LogP contribution is 2.18. The Morgan fingerprint density at radius 2 is 2.22 bits per heavy atom. The van der Waals surface area contributed by atoms with Crippen LogP contribution in [0, 0.1) is 0 Å². The van der Waals surface area contributed by atoms with Gasteiger partial charge in [-0.25, -0.2) is 0 Å². The molecule has 23 heavy (non-hydrogen) atoms. The van der Waals surface area contributed by atoms with Crippen molar-refractivity contribution in [3.63, 3.8) is 0 Å². The number of ether oxygens (including phenoxy) is 1. The molecule has 3 heterocycles. The third-order valence-corrected chi connectivity index (χ3v) is 4.69. The smallest absolute Gasteiger partial charge is 0.251 e. The van der Waals surface area contributed by atoms with Crippen LogP contribution in [0.4, 0.5) is 0 Å². The fourth-order valence-corrected chi connectivity index (χ4v) is 3.34. The second-order valence-electron chi connectivity index (χ2n) is 6.52. The van der Waals surface area contributed by atoms with Gasteiger partial charge in [0.1, 0.15) is 6.10 Å². The Bertz CT molecular complexity index is 503. The zero-order chi connectivity index (χ0) is 16.1. The molecule has 1 amide bonds. The van der Waals surface area contributed by atoms with Gasteiger partial charge < -0.3 is 19.5 Å². The minimum absolute atomic E-state index is 0.181. The van der Waals surface area contributed by atoms with Gasteiger partial charge in [0.25, 0.3) is 5.91 Å². The molecule has 128 valence electrons. The summed E-state index contributed by atoms with van der Waals surface area (Å²) in [6, 6.07) is 2.47. The minimum Gasteiger partial charge on any atom is -0.368 e. The van der Waals surface area contributed by atoms with Crippen molar-refractivity contribution in [1.82, 2.24) is 15.4 Å². The lowest BCUT2D eigenvalue weighted by atomic mass is 10.0. The van der Waals surface area contributed by atoms with E-state index >= 15 is 0 Å². The maximum absolute atomic E-state index is 12.3. The molecule has 0 spiro atoms. The SMILES string of the molecule is CCCc1cc(CNC2CCN(C(=O)C3CCCO3)CC2)on1. The predicted octanol–water partition coefficient (Wildman–Crippen LogP) is 1.89. The van der Waals surface area contributed by atoms with Gasteiger partial charge >= 0.3 is 0 Å². The zero-order valence-corrected chi connectivity index (χ0v) is 13.9. The van der Waals surface area contributed by atoms with E-state index in [-0.39, 0.29) is 12.0 Å². The van der Waals surface area contributed by atoms with Crippen LogP contribution in [0.3, 0.4) is 0 Å². The Balaban J connectivity index is 1.39. The lowest BCUT2D eigenvalue weighted by molar-refractivity contribution is -0.142. The molecule has 3 rings (SSSR count). The van der Waals surface area contributed by atoms with Crippen molar-refractivity contribution >= 4 is 5.91 Å². The summed E-state index contributed by atoms with van der Waals surface area (Å²) in [5, 5.41) is 7.59. The van der Waals surface area contributed by atoms with Crippen LogP contribution in [0.15, 0.2) is 10.6 Å². The lowest BCUT2D eigenvalue weighted by Gasteiger charge is -2.33. The Morgan fingerprint density at radius 3 is 2.91 bits per heavy atom. The van der Waals surface area contributed by atoms with Gasteiger partial charge in [-0.05, 0) is 32.1 Å². The summed E-state index contributed by atoms with van der Waals surface area (Å²) in [6.45, 7) is 5.20. The summed E-state index contributed by atoms with van der Waals surface area (Å²) in [4.78, 5) is 14.3. The molecule has 0 aliphatic carbocycles. The Labute approximate surface area is 137 Å². The number of carbonyl (C=O) groups is 1. The topological polar surface area (TPSA) is 67.6 Å². The van der Waals surface area contributed by atoms with E-state index in [4.69, 9.17) is 9.26 Å². The molecule has 2 saturated heterocycles. The lowest BCUT2D eigenvalue weighted by Crippen LogP contribution is -2.47. The molecule has 2 aliphatic rings. The van der Waals surface area contributed by atoms with Crippen LogP contribution >= 0.6 is 0 Å². The van der Waals surface area contributed by atoms with E-state index in [1.165, 1.54) is 0 Å². The summed E-state index contributed by atoms with van der Waals surface area (Å²) in [6.07, 6.45) is 5.70. The molecule has 1 unspecified atom stereocenters. The first-order valence-electron chi connectivity index (χ1n) is 8.84. The van der Waals surface area contributed by atoms with E-state index < -0.39 is 0 Å². The maximum Gasteiger partial charge on any atom is 0.251 e. The number of amides is 1. The summed E-state index contributed by atoms with van der Waals surface area (Å²) in [7, 11) is 0. The molecule has 0 bridgehead atoms. The molecule has 1 aromatic heterocycles. The molecule has 1 N–H and O–H groups in total. The van der Waals surface area contributed by atoms with Gasteiger partial charge in [-0.15, -0.1) is 0 Å². The van der Waals surface area contributed by atoms with E-state index in [0.29, 0.717) is 12.6 Å². The van der Waals surface area contributed by atoms with Crippen molar-refractivity contribution < 1.29 is 14.1 Å². The first-order chi connectivity index (χ1) is 11.3. The quantitative estimate of drug-likeness (QED) is 0.866.